The summed E-state index contributed by atoms with van der Waals surface area (Å²) in [5.41, 5.74) is 0. The van der Waals surface area contributed by atoms with Gasteiger partial charge in [0.25, 0.3) is 0 Å². The van der Waals surface area contributed by atoms with Crippen molar-refractivity contribution < 1.29 is 50.0 Å². The summed E-state index contributed by atoms with van der Waals surface area (Å²) in [6.07, 6.45) is 28.5. The first-order valence-corrected chi connectivity index (χ1v) is 23.2. The molecule has 0 bridgehead atoms. The van der Waals surface area contributed by atoms with Gasteiger partial charge in [-0.25, -0.2) is 0 Å². The monoisotopic (exact) mass is 814 g/mol. The lowest BCUT2D eigenvalue weighted by Gasteiger charge is -2.40. The second kappa shape index (κ2) is 36.4. The Kier molecular flexibility index (Phi) is 34.3. The third-order valence-electron chi connectivity index (χ3n) is 11.3. The quantitative estimate of drug-likeness (QED) is 0.0230. The number of amides is 1. The lowest BCUT2D eigenvalue weighted by atomic mass is 9.98. The van der Waals surface area contributed by atoms with E-state index in [1.807, 2.05) is 0 Å². The molecule has 1 saturated heterocycles. The minimum absolute atomic E-state index is 0.253. The zero-order valence-electron chi connectivity index (χ0n) is 36.1. The molecule has 1 rings (SSSR count). The van der Waals surface area contributed by atoms with Crippen molar-refractivity contribution in [1.82, 2.24) is 5.32 Å². The number of aliphatic hydroxyl groups excluding tert-OH is 7. The molecule has 1 heterocycles. The van der Waals surface area contributed by atoms with Crippen molar-refractivity contribution >= 4 is 5.91 Å². The molecule has 57 heavy (non-hydrogen) atoms. The highest BCUT2D eigenvalue weighted by molar-refractivity contribution is 5.80. The summed E-state index contributed by atoms with van der Waals surface area (Å²) < 4.78 is 11.0. The molecule has 0 aliphatic carbocycles. The molecular weight excluding hydrogens is 727 g/mol. The minimum Gasteiger partial charge on any atom is -0.394 e. The van der Waals surface area contributed by atoms with E-state index in [0.717, 1.165) is 64.2 Å². The fourth-order valence-electron chi connectivity index (χ4n) is 7.35. The average Bonchev–Trinajstić information content (AvgIpc) is 3.21. The van der Waals surface area contributed by atoms with Gasteiger partial charge in [0.15, 0.2) is 6.29 Å². The van der Waals surface area contributed by atoms with E-state index in [0.29, 0.717) is 19.3 Å². The van der Waals surface area contributed by atoms with Gasteiger partial charge >= 0.3 is 0 Å². The molecule has 0 aromatic heterocycles. The summed E-state index contributed by atoms with van der Waals surface area (Å²) in [6.45, 7) is 3.35. The van der Waals surface area contributed by atoms with Crippen LogP contribution in [0.15, 0.2) is 24.3 Å². The van der Waals surface area contributed by atoms with Gasteiger partial charge in [-0.3, -0.25) is 4.79 Å². The molecule has 8 N–H and O–H groups in total. The van der Waals surface area contributed by atoms with Gasteiger partial charge in [0.1, 0.15) is 36.6 Å². The molecule has 336 valence electrons. The van der Waals surface area contributed by atoms with Crippen LogP contribution in [0.2, 0.25) is 0 Å². The molecule has 9 unspecified atom stereocenters. The molecule has 1 aliphatic heterocycles. The molecule has 0 spiro atoms. The lowest BCUT2D eigenvalue weighted by Crippen LogP contribution is -2.60. The fraction of sp³-hybridized carbons (Fsp3) is 0.891. The van der Waals surface area contributed by atoms with Crippen LogP contribution >= 0.6 is 0 Å². The zero-order chi connectivity index (χ0) is 41.9. The summed E-state index contributed by atoms with van der Waals surface area (Å²) >= 11 is 0. The van der Waals surface area contributed by atoms with Gasteiger partial charge in [0.05, 0.1) is 25.4 Å². The van der Waals surface area contributed by atoms with Gasteiger partial charge in [-0.05, 0) is 44.9 Å². The Bertz CT molecular complexity index is 981. The number of hydrogen-bond acceptors (Lipinski definition) is 10. The highest BCUT2D eigenvalue weighted by Crippen LogP contribution is 2.23. The molecule has 0 saturated carbocycles. The Morgan fingerprint density at radius 1 is 0.614 bits per heavy atom. The molecule has 1 amide bonds. The molecule has 11 nitrogen and oxygen atoms in total. The van der Waals surface area contributed by atoms with E-state index in [9.17, 15) is 40.5 Å². The molecule has 0 radical (unpaired) electrons. The topological polar surface area (TPSA) is 189 Å². The van der Waals surface area contributed by atoms with Gasteiger partial charge < -0.3 is 50.5 Å². The Hall–Kier alpha value is -1.41. The summed E-state index contributed by atoms with van der Waals surface area (Å²) in [5.74, 6) is -0.706. The SMILES string of the molecule is CCCCCCCCCCC/C=C\C/C=C\CCCCCCCCCCC(O)C(=O)NC(COC1OC(CO)C(O)C(O)C1O)C(O)C(O)CCCCCCCC. The molecule has 0 aromatic rings. The molecule has 11 heteroatoms. The number of allylic oxidation sites excluding steroid dienone is 4. The predicted molar refractivity (Wildman–Crippen MR) is 229 cm³/mol. The summed E-state index contributed by atoms with van der Waals surface area (Å²) in [6, 6.07) is -1.17. The largest absolute Gasteiger partial charge is 0.394 e. The number of unbranched alkanes of at least 4 members (excludes halogenated alkanes) is 22. The van der Waals surface area contributed by atoms with Gasteiger partial charge in [-0.15, -0.1) is 0 Å². The van der Waals surface area contributed by atoms with Crippen LogP contribution in [0.4, 0.5) is 0 Å². The lowest BCUT2D eigenvalue weighted by molar-refractivity contribution is -0.303. The normalized spacial score (nSPS) is 22.3. The van der Waals surface area contributed by atoms with Crippen molar-refractivity contribution in [2.24, 2.45) is 0 Å². The maximum absolute atomic E-state index is 13.0. The van der Waals surface area contributed by atoms with Crippen molar-refractivity contribution in [3.8, 4) is 0 Å². The van der Waals surface area contributed by atoms with Crippen molar-refractivity contribution in [2.45, 2.75) is 249 Å². The number of nitrogens with one attached hydrogen (secondary N) is 1. The van der Waals surface area contributed by atoms with Crippen molar-refractivity contribution in [3.63, 3.8) is 0 Å². The van der Waals surface area contributed by atoms with Crippen LogP contribution in [0.25, 0.3) is 0 Å². The van der Waals surface area contributed by atoms with Crippen molar-refractivity contribution in [1.29, 1.82) is 0 Å². The number of ether oxygens (including phenoxy) is 2. The minimum atomic E-state index is -1.66. The summed E-state index contributed by atoms with van der Waals surface area (Å²) in [5, 5.41) is 75.1. The average molecular weight is 814 g/mol. The second-order valence-corrected chi connectivity index (χ2v) is 16.5. The molecule has 1 fully saturated rings. The Labute approximate surface area is 346 Å². The molecule has 0 aromatic carbocycles. The van der Waals surface area contributed by atoms with E-state index in [1.54, 1.807) is 0 Å². The molecular formula is C46H87NO10. The first kappa shape index (κ1) is 53.6. The van der Waals surface area contributed by atoms with Gasteiger partial charge in [0.2, 0.25) is 5.91 Å². The smallest absolute Gasteiger partial charge is 0.249 e. The van der Waals surface area contributed by atoms with Gasteiger partial charge in [0, 0.05) is 0 Å². The third kappa shape index (κ3) is 26.4. The summed E-state index contributed by atoms with van der Waals surface area (Å²) in [7, 11) is 0. The van der Waals surface area contributed by atoms with Gasteiger partial charge in [-0.1, -0.05) is 173 Å². The number of rotatable bonds is 38. The van der Waals surface area contributed by atoms with Crippen LogP contribution in [0, 0.1) is 0 Å². The molecule has 1 aliphatic rings. The predicted octanol–water partition coefficient (Wildman–Crippen LogP) is 7.45. The number of aliphatic hydroxyl groups is 7. The van der Waals surface area contributed by atoms with E-state index in [4.69, 9.17) is 9.47 Å². The van der Waals surface area contributed by atoms with E-state index in [-0.39, 0.29) is 6.42 Å². The van der Waals surface area contributed by atoms with E-state index >= 15 is 0 Å². The van der Waals surface area contributed by atoms with Gasteiger partial charge in [-0.2, -0.15) is 0 Å². The highest BCUT2D eigenvalue weighted by atomic mass is 16.7. The highest BCUT2D eigenvalue weighted by Gasteiger charge is 2.44. The van der Waals surface area contributed by atoms with Crippen LogP contribution in [0.1, 0.15) is 194 Å². The van der Waals surface area contributed by atoms with E-state index in [1.165, 1.54) is 89.9 Å². The van der Waals surface area contributed by atoms with Crippen molar-refractivity contribution in [2.75, 3.05) is 13.2 Å². The first-order chi connectivity index (χ1) is 27.7. The summed E-state index contributed by atoms with van der Waals surface area (Å²) in [4.78, 5) is 13.0. The molecule has 9 atom stereocenters. The van der Waals surface area contributed by atoms with Crippen LogP contribution in [-0.4, -0.2) is 110 Å². The Morgan fingerprint density at radius 3 is 1.56 bits per heavy atom. The fourth-order valence-corrected chi connectivity index (χ4v) is 7.35. The van der Waals surface area contributed by atoms with Crippen LogP contribution in [-0.2, 0) is 14.3 Å². The van der Waals surface area contributed by atoms with Crippen molar-refractivity contribution in [3.05, 3.63) is 24.3 Å². The van der Waals surface area contributed by atoms with E-state index < -0.39 is 74.2 Å². The third-order valence-corrected chi connectivity index (χ3v) is 11.3. The number of carbonyl (C=O) groups is 1. The Balaban J connectivity index is 2.29. The number of hydrogen-bond donors (Lipinski definition) is 8. The second-order valence-electron chi connectivity index (χ2n) is 16.5. The van der Waals surface area contributed by atoms with Crippen LogP contribution in [0.3, 0.4) is 0 Å². The van der Waals surface area contributed by atoms with E-state index in [2.05, 4.69) is 43.5 Å². The standard InChI is InChI=1S/C46H87NO10/c1-3-5-7-9-11-12-13-14-15-16-17-18-19-20-21-22-23-24-25-26-27-28-30-32-34-39(50)45(55)47-37(41(51)38(49)33-31-29-10-8-6-4-2)36-56-46-44(54)43(53)42(52)40(35-48)57-46/h17-18,20-21,37-44,46,48-54H,3-16,19,22-36H2,1-2H3,(H,47,55)/b18-17-,21-20-. The zero-order valence-corrected chi connectivity index (χ0v) is 36.1. The first-order valence-electron chi connectivity index (χ1n) is 23.2. The maximum atomic E-state index is 13.0. The maximum Gasteiger partial charge on any atom is 0.249 e. The number of carbonyl (C=O) groups excluding carboxylic acids is 1. The van der Waals surface area contributed by atoms with Crippen LogP contribution < -0.4 is 5.32 Å². The Morgan fingerprint density at radius 2 is 1.07 bits per heavy atom. The van der Waals surface area contributed by atoms with Crippen LogP contribution in [0.5, 0.6) is 0 Å².